The lowest BCUT2D eigenvalue weighted by molar-refractivity contribution is -0.130. The molecule has 0 radical (unpaired) electrons. The van der Waals surface area contributed by atoms with Gasteiger partial charge in [0.15, 0.2) is 5.13 Å². The van der Waals surface area contributed by atoms with Gasteiger partial charge in [-0.05, 0) is 31.0 Å². The number of aryl methyl sites for hydroxylation is 1. The molecule has 0 saturated carbocycles. The van der Waals surface area contributed by atoms with Crippen LogP contribution in [0.15, 0.2) is 23.6 Å². The zero-order valence-corrected chi connectivity index (χ0v) is 17.6. The van der Waals surface area contributed by atoms with Crippen LogP contribution in [0.2, 0.25) is 0 Å². The van der Waals surface area contributed by atoms with E-state index in [1.807, 2.05) is 32.0 Å². The van der Waals surface area contributed by atoms with Gasteiger partial charge in [-0.15, -0.1) is 11.3 Å². The summed E-state index contributed by atoms with van der Waals surface area (Å²) >= 11 is 1.29. The van der Waals surface area contributed by atoms with Gasteiger partial charge in [-0.25, -0.2) is 9.78 Å². The van der Waals surface area contributed by atoms with Crippen LogP contribution in [-0.2, 0) is 16.0 Å². The highest BCUT2D eigenvalue weighted by atomic mass is 32.1. The third-order valence-corrected chi connectivity index (χ3v) is 5.80. The number of nitrogens with one attached hydrogen (secondary N) is 2. The normalized spacial score (nSPS) is 13.9. The molecule has 1 aliphatic heterocycles. The van der Waals surface area contributed by atoms with Gasteiger partial charge >= 0.3 is 6.03 Å². The molecular weight excluding hydrogens is 390 g/mol. The van der Waals surface area contributed by atoms with Crippen LogP contribution in [0, 0.1) is 13.8 Å². The van der Waals surface area contributed by atoms with Gasteiger partial charge in [-0.1, -0.05) is 12.1 Å². The summed E-state index contributed by atoms with van der Waals surface area (Å²) < 4.78 is 0. The summed E-state index contributed by atoms with van der Waals surface area (Å²) in [6.07, 6.45) is 0.136. The number of rotatable bonds is 4. The molecule has 3 rings (SSSR count). The summed E-state index contributed by atoms with van der Waals surface area (Å²) in [5.74, 6) is -0.129. The summed E-state index contributed by atoms with van der Waals surface area (Å²) in [6, 6.07) is 5.54. The number of thiazole rings is 1. The molecule has 0 atom stereocenters. The van der Waals surface area contributed by atoms with Gasteiger partial charge in [0, 0.05) is 44.2 Å². The molecule has 0 unspecified atom stereocenters. The SMILES string of the molecule is CC(=O)N1CCN(C(=O)Nc2nc(CC(=O)Nc3cccc(C)c3C)cs2)CC1. The second-order valence-corrected chi connectivity index (χ2v) is 7.90. The Labute approximate surface area is 173 Å². The van der Waals surface area contributed by atoms with Gasteiger partial charge in [0.2, 0.25) is 11.8 Å². The number of amides is 4. The molecule has 2 heterocycles. The fraction of sp³-hybridized carbons (Fsp3) is 0.400. The molecule has 1 aromatic heterocycles. The van der Waals surface area contributed by atoms with Crippen molar-refractivity contribution in [2.45, 2.75) is 27.2 Å². The van der Waals surface area contributed by atoms with E-state index in [9.17, 15) is 14.4 Å². The summed E-state index contributed by atoms with van der Waals surface area (Å²) in [5.41, 5.74) is 3.56. The van der Waals surface area contributed by atoms with Crippen molar-refractivity contribution in [3.63, 3.8) is 0 Å². The standard InChI is InChI=1S/C20H25N5O3S/c1-13-5-4-6-17(14(13)2)22-18(27)11-16-12-29-19(21-16)23-20(28)25-9-7-24(8-10-25)15(3)26/h4-6,12H,7-11H2,1-3H3,(H,22,27)(H,21,23,28). The first kappa shape index (κ1) is 20.8. The topological polar surface area (TPSA) is 94.6 Å². The molecule has 0 bridgehead atoms. The van der Waals surface area contributed by atoms with Crippen molar-refractivity contribution >= 4 is 40.0 Å². The highest BCUT2D eigenvalue weighted by Gasteiger charge is 2.23. The van der Waals surface area contributed by atoms with E-state index < -0.39 is 0 Å². The number of carbonyl (C=O) groups is 3. The molecule has 1 aromatic carbocycles. The van der Waals surface area contributed by atoms with E-state index in [1.165, 1.54) is 18.3 Å². The highest BCUT2D eigenvalue weighted by molar-refractivity contribution is 7.13. The highest BCUT2D eigenvalue weighted by Crippen LogP contribution is 2.20. The first-order valence-electron chi connectivity index (χ1n) is 9.45. The number of nitrogens with zero attached hydrogens (tertiary/aromatic N) is 3. The average Bonchev–Trinajstić information content (AvgIpc) is 3.12. The third-order valence-electron chi connectivity index (χ3n) is 5.00. The van der Waals surface area contributed by atoms with E-state index in [1.54, 1.807) is 15.2 Å². The Kier molecular flexibility index (Phi) is 6.48. The second kappa shape index (κ2) is 9.04. The van der Waals surface area contributed by atoms with Crippen molar-refractivity contribution in [3.8, 4) is 0 Å². The van der Waals surface area contributed by atoms with E-state index in [-0.39, 0.29) is 24.3 Å². The van der Waals surface area contributed by atoms with Gasteiger partial charge in [-0.2, -0.15) is 0 Å². The molecule has 2 N–H and O–H groups in total. The first-order valence-corrected chi connectivity index (χ1v) is 10.3. The smallest absolute Gasteiger partial charge is 0.323 e. The lowest BCUT2D eigenvalue weighted by Crippen LogP contribution is -2.51. The van der Waals surface area contributed by atoms with Crippen LogP contribution >= 0.6 is 11.3 Å². The molecule has 0 aliphatic carbocycles. The third kappa shape index (κ3) is 5.32. The van der Waals surface area contributed by atoms with Gasteiger partial charge in [0.05, 0.1) is 12.1 Å². The van der Waals surface area contributed by atoms with Gasteiger partial charge in [0.25, 0.3) is 0 Å². The Morgan fingerprint density at radius 1 is 1.07 bits per heavy atom. The van der Waals surface area contributed by atoms with Crippen LogP contribution in [0.5, 0.6) is 0 Å². The number of piperazine rings is 1. The van der Waals surface area contributed by atoms with Crippen LogP contribution in [0.4, 0.5) is 15.6 Å². The largest absolute Gasteiger partial charge is 0.339 e. The fourth-order valence-electron chi connectivity index (χ4n) is 3.09. The Balaban J connectivity index is 1.51. The number of urea groups is 1. The van der Waals surface area contributed by atoms with Crippen molar-refractivity contribution in [2.75, 3.05) is 36.8 Å². The van der Waals surface area contributed by atoms with Gasteiger partial charge in [0.1, 0.15) is 0 Å². The van der Waals surface area contributed by atoms with Crippen molar-refractivity contribution < 1.29 is 14.4 Å². The zero-order chi connectivity index (χ0) is 21.0. The lowest BCUT2D eigenvalue weighted by Gasteiger charge is -2.33. The summed E-state index contributed by atoms with van der Waals surface area (Å²) in [7, 11) is 0. The van der Waals surface area contributed by atoms with E-state index in [0.29, 0.717) is 37.0 Å². The number of aromatic nitrogens is 1. The Bertz CT molecular complexity index is 919. The van der Waals surface area contributed by atoms with Gasteiger partial charge in [-0.3, -0.25) is 14.9 Å². The van der Waals surface area contributed by atoms with Crippen molar-refractivity contribution in [1.29, 1.82) is 0 Å². The molecule has 1 aliphatic rings. The Morgan fingerprint density at radius 3 is 2.45 bits per heavy atom. The molecule has 1 saturated heterocycles. The van der Waals surface area contributed by atoms with Crippen LogP contribution in [0.3, 0.4) is 0 Å². The zero-order valence-electron chi connectivity index (χ0n) is 16.8. The molecule has 8 nitrogen and oxygen atoms in total. The van der Waals surface area contributed by atoms with Crippen LogP contribution < -0.4 is 10.6 Å². The maximum Gasteiger partial charge on any atom is 0.323 e. The first-order chi connectivity index (χ1) is 13.8. The minimum atomic E-state index is -0.242. The quantitative estimate of drug-likeness (QED) is 0.803. The van der Waals surface area contributed by atoms with E-state index in [0.717, 1.165) is 16.8 Å². The van der Waals surface area contributed by atoms with E-state index in [4.69, 9.17) is 0 Å². The molecule has 2 aromatic rings. The van der Waals surface area contributed by atoms with Crippen LogP contribution in [0.1, 0.15) is 23.7 Å². The van der Waals surface area contributed by atoms with Crippen molar-refractivity contribution in [2.24, 2.45) is 0 Å². The average molecular weight is 416 g/mol. The maximum absolute atomic E-state index is 12.4. The maximum atomic E-state index is 12.4. The minimum Gasteiger partial charge on any atom is -0.339 e. The summed E-state index contributed by atoms with van der Waals surface area (Å²) in [4.78, 5) is 43.8. The number of anilines is 2. The number of hydrogen-bond acceptors (Lipinski definition) is 5. The molecule has 1 fully saturated rings. The monoisotopic (exact) mass is 415 g/mol. The number of carbonyl (C=O) groups excluding carboxylic acids is 3. The second-order valence-electron chi connectivity index (χ2n) is 7.04. The van der Waals surface area contributed by atoms with E-state index >= 15 is 0 Å². The number of hydrogen-bond donors (Lipinski definition) is 2. The molecule has 29 heavy (non-hydrogen) atoms. The Hall–Kier alpha value is -2.94. The number of benzene rings is 1. The van der Waals surface area contributed by atoms with Crippen molar-refractivity contribution in [3.05, 3.63) is 40.4 Å². The fourth-order valence-corrected chi connectivity index (χ4v) is 3.79. The predicted molar refractivity (Wildman–Crippen MR) is 113 cm³/mol. The molecule has 0 spiro atoms. The molecular formula is C20H25N5O3S. The summed E-state index contributed by atoms with van der Waals surface area (Å²) in [5, 5.41) is 7.91. The molecule has 4 amide bonds. The molecule has 9 heteroatoms. The Morgan fingerprint density at radius 2 is 1.76 bits per heavy atom. The van der Waals surface area contributed by atoms with Crippen LogP contribution in [-0.4, -0.2) is 58.8 Å². The van der Waals surface area contributed by atoms with E-state index in [2.05, 4.69) is 15.6 Å². The van der Waals surface area contributed by atoms with Crippen LogP contribution in [0.25, 0.3) is 0 Å². The summed E-state index contributed by atoms with van der Waals surface area (Å²) in [6.45, 7) is 7.54. The van der Waals surface area contributed by atoms with Crippen molar-refractivity contribution in [1.82, 2.24) is 14.8 Å². The lowest BCUT2D eigenvalue weighted by atomic mass is 10.1. The molecule has 154 valence electrons. The predicted octanol–water partition coefficient (Wildman–Crippen LogP) is 2.64. The van der Waals surface area contributed by atoms with Gasteiger partial charge < -0.3 is 15.1 Å². The minimum absolute atomic E-state index is 0.0220.